The number of piperazine rings is 1. The Morgan fingerprint density at radius 3 is 2.12 bits per heavy atom. The molecule has 0 bridgehead atoms. The number of methoxy groups -OCH3 is 2. The van der Waals surface area contributed by atoms with E-state index in [1.54, 1.807) is 30.1 Å². The molecule has 0 aromatic heterocycles. The number of carbonyl (C=O) groups is 2. The van der Waals surface area contributed by atoms with E-state index in [9.17, 15) is 9.59 Å². The first-order valence-electron chi connectivity index (χ1n) is 11.6. The summed E-state index contributed by atoms with van der Waals surface area (Å²) in [6, 6.07) is 10.8. The SMILES string of the molecule is COc1cc(C(=O)N2CCN(C(=O)NC(C)c3ccc(OC(C)C)c(OC)c3)CC2)ccc1C. The lowest BCUT2D eigenvalue weighted by molar-refractivity contribution is 0.0663. The molecule has 0 saturated carbocycles. The lowest BCUT2D eigenvalue weighted by atomic mass is 10.1. The van der Waals surface area contributed by atoms with E-state index in [-0.39, 0.29) is 24.1 Å². The molecular weight excluding hydrogens is 434 g/mol. The van der Waals surface area contributed by atoms with Crippen molar-refractivity contribution in [1.82, 2.24) is 15.1 Å². The largest absolute Gasteiger partial charge is 0.496 e. The van der Waals surface area contributed by atoms with Gasteiger partial charge in [-0.2, -0.15) is 0 Å². The molecule has 34 heavy (non-hydrogen) atoms. The highest BCUT2D eigenvalue weighted by atomic mass is 16.5. The van der Waals surface area contributed by atoms with Gasteiger partial charge in [0.2, 0.25) is 0 Å². The molecule has 184 valence electrons. The molecule has 0 radical (unpaired) electrons. The predicted octanol–water partition coefficient (Wildman–Crippen LogP) is 4.03. The number of ether oxygens (including phenoxy) is 3. The van der Waals surface area contributed by atoms with Gasteiger partial charge in [-0.25, -0.2) is 4.79 Å². The van der Waals surface area contributed by atoms with Crippen LogP contribution in [0.2, 0.25) is 0 Å². The van der Waals surface area contributed by atoms with Crippen molar-refractivity contribution in [2.24, 2.45) is 0 Å². The molecule has 2 aromatic rings. The Balaban J connectivity index is 1.57. The minimum Gasteiger partial charge on any atom is -0.496 e. The zero-order valence-electron chi connectivity index (χ0n) is 20.9. The van der Waals surface area contributed by atoms with Crippen LogP contribution < -0.4 is 19.5 Å². The Morgan fingerprint density at radius 2 is 1.50 bits per heavy atom. The van der Waals surface area contributed by atoms with Gasteiger partial charge >= 0.3 is 6.03 Å². The number of hydrogen-bond donors (Lipinski definition) is 1. The third-order valence-electron chi connectivity index (χ3n) is 5.90. The molecule has 8 heteroatoms. The van der Waals surface area contributed by atoms with Gasteiger partial charge in [-0.3, -0.25) is 4.79 Å². The van der Waals surface area contributed by atoms with Gasteiger partial charge < -0.3 is 29.3 Å². The first kappa shape index (κ1) is 25.2. The average Bonchev–Trinajstić information content (AvgIpc) is 2.83. The van der Waals surface area contributed by atoms with Crippen molar-refractivity contribution < 1.29 is 23.8 Å². The third-order valence-corrected chi connectivity index (χ3v) is 5.90. The summed E-state index contributed by atoms with van der Waals surface area (Å²) in [7, 11) is 3.20. The predicted molar refractivity (Wildman–Crippen MR) is 131 cm³/mol. The van der Waals surface area contributed by atoms with Crippen LogP contribution in [-0.2, 0) is 0 Å². The van der Waals surface area contributed by atoms with Gasteiger partial charge in [0, 0.05) is 31.7 Å². The molecular formula is C26H35N3O5. The number of benzene rings is 2. The summed E-state index contributed by atoms with van der Waals surface area (Å²) < 4.78 is 16.6. The van der Waals surface area contributed by atoms with E-state index in [2.05, 4.69) is 5.32 Å². The van der Waals surface area contributed by atoms with E-state index in [4.69, 9.17) is 14.2 Å². The number of hydrogen-bond acceptors (Lipinski definition) is 5. The first-order valence-corrected chi connectivity index (χ1v) is 11.6. The van der Waals surface area contributed by atoms with E-state index in [0.29, 0.717) is 49.0 Å². The summed E-state index contributed by atoms with van der Waals surface area (Å²) in [5.74, 6) is 1.94. The smallest absolute Gasteiger partial charge is 0.317 e. The summed E-state index contributed by atoms with van der Waals surface area (Å²) in [6.07, 6.45) is 0.0375. The van der Waals surface area contributed by atoms with Gasteiger partial charge in [-0.15, -0.1) is 0 Å². The summed E-state index contributed by atoms with van der Waals surface area (Å²) in [5.41, 5.74) is 2.49. The Morgan fingerprint density at radius 1 is 0.853 bits per heavy atom. The van der Waals surface area contributed by atoms with Crippen molar-refractivity contribution in [3.8, 4) is 17.2 Å². The van der Waals surface area contributed by atoms with Crippen LogP contribution in [0.4, 0.5) is 4.79 Å². The highest BCUT2D eigenvalue weighted by molar-refractivity contribution is 5.95. The lowest BCUT2D eigenvalue weighted by Gasteiger charge is -2.35. The number of urea groups is 1. The minimum absolute atomic E-state index is 0.0375. The van der Waals surface area contributed by atoms with Crippen LogP contribution in [0.15, 0.2) is 36.4 Å². The normalized spacial score (nSPS) is 14.6. The summed E-state index contributed by atoms with van der Waals surface area (Å²) in [4.78, 5) is 29.3. The monoisotopic (exact) mass is 469 g/mol. The van der Waals surface area contributed by atoms with Crippen LogP contribution in [0.25, 0.3) is 0 Å². The number of amides is 3. The Bertz CT molecular complexity index is 1020. The number of carbonyl (C=O) groups excluding carboxylic acids is 2. The van der Waals surface area contributed by atoms with Gasteiger partial charge in [0.25, 0.3) is 5.91 Å². The molecule has 1 aliphatic rings. The van der Waals surface area contributed by atoms with Gasteiger partial charge in [0.15, 0.2) is 11.5 Å². The van der Waals surface area contributed by atoms with E-state index in [0.717, 1.165) is 11.1 Å². The number of rotatable bonds is 7. The quantitative estimate of drug-likeness (QED) is 0.662. The maximum absolute atomic E-state index is 12.9. The fourth-order valence-corrected chi connectivity index (χ4v) is 3.91. The van der Waals surface area contributed by atoms with Crippen LogP contribution in [0.3, 0.4) is 0 Å². The van der Waals surface area contributed by atoms with Crippen LogP contribution in [-0.4, -0.2) is 68.2 Å². The van der Waals surface area contributed by atoms with Crippen molar-refractivity contribution in [2.45, 2.75) is 39.8 Å². The van der Waals surface area contributed by atoms with Gasteiger partial charge in [0.1, 0.15) is 5.75 Å². The van der Waals surface area contributed by atoms with Crippen molar-refractivity contribution >= 4 is 11.9 Å². The zero-order chi connectivity index (χ0) is 24.8. The second-order valence-corrected chi connectivity index (χ2v) is 8.71. The van der Waals surface area contributed by atoms with Crippen LogP contribution in [0.5, 0.6) is 17.2 Å². The minimum atomic E-state index is -0.214. The fourth-order valence-electron chi connectivity index (χ4n) is 3.91. The summed E-state index contributed by atoms with van der Waals surface area (Å²) >= 11 is 0. The van der Waals surface area contributed by atoms with Crippen molar-refractivity contribution in [2.75, 3.05) is 40.4 Å². The highest BCUT2D eigenvalue weighted by Crippen LogP contribution is 2.31. The van der Waals surface area contributed by atoms with E-state index < -0.39 is 0 Å². The molecule has 1 atom stereocenters. The van der Waals surface area contributed by atoms with Crippen LogP contribution >= 0.6 is 0 Å². The zero-order valence-corrected chi connectivity index (χ0v) is 20.9. The molecule has 1 N–H and O–H groups in total. The fraction of sp³-hybridized carbons (Fsp3) is 0.462. The molecule has 0 aliphatic carbocycles. The van der Waals surface area contributed by atoms with E-state index in [1.165, 1.54) is 0 Å². The van der Waals surface area contributed by atoms with Gasteiger partial charge in [0.05, 0.1) is 26.4 Å². The van der Waals surface area contributed by atoms with Gasteiger partial charge in [-0.05, 0) is 63.1 Å². The summed E-state index contributed by atoms with van der Waals surface area (Å²) in [6.45, 7) is 9.69. The third kappa shape index (κ3) is 5.92. The molecule has 0 spiro atoms. The molecule has 3 rings (SSSR count). The standard InChI is InChI=1S/C26H35N3O5/c1-17(2)34-22-10-9-20(15-24(22)33-6)19(4)27-26(31)29-13-11-28(12-14-29)25(30)21-8-7-18(3)23(16-21)32-5/h7-10,15-17,19H,11-14H2,1-6H3,(H,27,31). The molecule has 1 fully saturated rings. The number of nitrogens with one attached hydrogen (secondary N) is 1. The van der Waals surface area contributed by atoms with Crippen molar-refractivity contribution in [3.05, 3.63) is 53.1 Å². The maximum Gasteiger partial charge on any atom is 0.317 e. The second-order valence-electron chi connectivity index (χ2n) is 8.71. The molecule has 1 aliphatic heterocycles. The van der Waals surface area contributed by atoms with E-state index in [1.807, 2.05) is 58.0 Å². The maximum atomic E-state index is 12.9. The lowest BCUT2D eigenvalue weighted by Crippen LogP contribution is -2.53. The highest BCUT2D eigenvalue weighted by Gasteiger charge is 2.26. The molecule has 1 saturated heterocycles. The van der Waals surface area contributed by atoms with Crippen LogP contribution in [0.1, 0.15) is 48.3 Å². The van der Waals surface area contributed by atoms with E-state index >= 15 is 0 Å². The molecule has 3 amide bonds. The van der Waals surface area contributed by atoms with Crippen molar-refractivity contribution in [3.63, 3.8) is 0 Å². The Kier molecular flexibility index (Phi) is 8.26. The Labute approximate surface area is 201 Å². The number of aryl methyl sites for hydroxylation is 1. The molecule has 8 nitrogen and oxygen atoms in total. The Hall–Kier alpha value is -3.42. The second kappa shape index (κ2) is 11.1. The molecule has 1 unspecified atom stereocenters. The van der Waals surface area contributed by atoms with Crippen molar-refractivity contribution in [1.29, 1.82) is 0 Å². The molecule has 2 aromatic carbocycles. The van der Waals surface area contributed by atoms with Gasteiger partial charge in [-0.1, -0.05) is 12.1 Å². The van der Waals surface area contributed by atoms with Crippen LogP contribution in [0, 0.1) is 6.92 Å². The summed E-state index contributed by atoms with van der Waals surface area (Å²) in [5, 5.41) is 3.05. The topological polar surface area (TPSA) is 80.3 Å². The average molecular weight is 470 g/mol. The first-order chi connectivity index (χ1) is 16.2. The number of nitrogens with zero attached hydrogens (tertiary/aromatic N) is 2. The molecule has 1 heterocycles.